The van der Waals surface area contributed by atoms with Crippen molar-refractivity contribution in [3.63, 3.8) is 0 Å². The van der Waals surface area contributed by atoms with Crippen molar-refractivity contribution >= 4 is 32.3 Å². The van der Waals surface area contributed by atoms with Crippen LogP contribution in [0.15, 0.2) is 64.4 Å². The van der Waals surface area contributed by atoms with Gasteiger partial charge in [-0.15, -0.1) is 12.4 Å². The fraction of sp³-hybridized carbons (Fsp3) is 0.368. The number of likely N-dealkylation sites (tertiary alicyclic amines) is 1. The van der Waals surface area contributed by atoms with Gasteiger partial charge in [-0.2, -0.15) is 0 Å². The van der Waals surface area contributed by atoms with Crippen LogP contribution in [0.4, 0.5) is 0 Å². The third-order valence-electron chi connectivity index (χ3n) is 4.72. The molecule has 3 rings (SSSR count). The van der Waals surface area contributed by atoms with E-state index in [9.17, 15) is 16.8 Å². The maximum Gasteiger partial charge on any atom is 0.240 e. The fourth-order valence-corrected chi connectivity index (χ4v) is 5.14. The van der Waals surface area contributed by atoms with Crippen LogP contribution in [-0.2, 0) is 26.4 Å². The highest BCUT2D eigenvalue weighted by atomic mass is 35.5. The summed E-state index contributed by atoms with van der Waals surface area (Å²) in [4.78, 5) is 2.51. The Morgan fingerprint density at radius 1 is 0.893 bits per heavy atom. The van der Waals surface area contributed by atoms with Gasteiger partial charge in [0.2, 0.25) is 10.0 Å². The molecule has 6 nitrogen and oxygen atoms in total. The van der Waals surface area contributed by atoms with E-state index in [1.54, 1.807) is 0 Å². The Kier molecular flexibility index (Phi) is 7.64. The molecular weight excluding hydrogens is 420 g/mol. The first-order valence-corrected chi connectivity index (χ1v) is 12.2. The maximum atomic E-state index is 12.6. The topological polar surface area (TPSA) is 83.5 Å². The third kappa shape index (κ3) is 6.02. The second-order valence-electron chi connectivity index (χ2n) is 6.90. The highest BCUT2D eigenvalue weighted by Crippen LogP contribution is 2.18. The molecule has 1 N–H and O–H groups in total. The molecule has 0 unspecified atom stereocenters. The van der Waals surface area contributed by atoms with E-state index < -0.39 is 19.9 Å². The van der Waals surface area contributed by atoms with Crippen molar-refractivity contribution in [2.75, 3.05) is 19.3 Å². The van der Waals surface area contributed by atoms with Gasteiger partial charge in [-0.05, 0) is 42.7 Å². The molecule has 1 heterocycles. The molecule has 1 fully saturated rings. The van der Waals surface area contributed by atoms with Crippen molar-refractivity contribution in [3.8, 4) is 0 Å². The zero-order valence-electron chi connectivity index (χ0n) is 15.6. The molecule has 1 saturated heterocycles. The first kappa shape index (κ1) is 22.8. The first-order chi connectivity index (χ1) is 12.7. The van der Waals surface area contributed by atoms with Crippen molar-refractivity contribution in [1.82, 2.24) is 9.62 Å². The molecule has 0 spiro atoms. The number of halogens is 1. The van der Waals surface area contributed by atoms with Crippen molar-refractivity contribution < 1.29 is 16.8 Å². The summed E-state index contributed by atoms with van der Waals surface area (Å²) in [7, 11) is -7.01. The van der Waals surface area contributed by atoms with Gasteiger partial charge in [0.1, 0.15) is 0 Å². The number of hydrogen-bond acceptors (Lipinski definition) is 5. The number of piperidine rings is 1. The van der Waals surface area contributed by atoms with Crippen molar-refractivity contribution in [3.05, 3.63) is 60.2 Å². The molecule has 28 heavy (non-hydrogen) atoms. The van der Waals surface area contributed by atoms with E-state index in [0.717, 1.165) is 38.7 Å². The zero-order valence-corrected chi connectivity index (χ0v) is 18.1. The van der Waals surface area contributed by atoms with Crippen molar-refractivity contribution in [1.29, 1.82) is 0 Å². The number of nitrogens with zero attached hydrogens (tertiary/aromatic N) is 1. The van der Waals surface area contributed by atoms with Gasteiger partial charge >= 0.3 is 0 Å². The predicted octanol–water partition coefficient (Wildman–Crippen LogP) is 2.45. The molecule has 0 aromatic heterocycles. The maximum absolute atomic E-state index is 12.6. The van der Waals surface area contributed by atoms with Crippen LogP contribution in [0.3, 0.4) is 0 Å². The monoisotopic (exact) mass is 444 g/mol. The lowest BCUT2D eigenvalue weighted by Crippen LogP contribution is -2.44. The van der Waals surface area contributed by atoms with Gasteiger partial charge in [-0.3, -0.25) is 4.90 Å². The summed E-state index contributed by atoms with van der Waals surface area (Å²) in [6, 6.07) is 15.4. The lowest BCUT2D eigenvalue weighted by atomic mass is 10.1. The Bertz CT molecular complexity index is 970. The van der Waals surface area contributed by atoms with Gasteiger partial charge in [-0.1, -0.05) is 30.3 Å². The van der Waals surface area contributed by atoms with Crippen molar-refractivity contribution in [2.45, 2.75) is 35.2 Å². The number of sulfone groups is 1. The Morgan fingerprint density at radius 2 is 1.43 bits per heavy atom. The Morgan fingerprint density at radius 3 is 1.96 bits per heavy atom. The van der Waals surface area contributed by atoms with Gasteiger partial charge in [0.15, 0.2) is 9.84 Å². The van der Waals surface area contributed by atoms with Crippen LogP contribution in [0.5, 0.6) is 0 Å². The Labute approximate surface area is 173 Å². The van der Waals surface area contributed by atoms with Crippen LogP contribution in [0.2, 0.25) is 0 Å². The average Bonchev–Trinajstić information content (AvgIpc) is 2.63. The summed E-state index contributed by atoms with van der Waals surface area (Å²) in [5.41, 5.74) is 1.25. The second-order valence-corrected chi connectivity index (χ2v) is 10.6. The number of rotatable bonds is 6. The summed E-state index contributed by atoms with van der Waals surface area (Å²) in [6.45, 7) is 2.53. The minimum atomic E-state index is -3.66. The summed E-state index contributed by atoms with van der Waals surface area (Å²) in [5.74, 6) is 0. The second kappa shape index (κ2) is 9.37. The average molecular weight is 445 g/mol. The minimum absolute atomic E-state index is 0. The van der Waals surface area contributed by atoms with Crippen molar-refractivity contribution in [2.24, 2.45) is 0 Å². The van der Waals surface area contributed by atoms with Crippen LogP contribution in [0, 0.1) is 0 Å². The van der Waals surface area contributed by atoms with E-state index in [1.165, 1.54) is 29.8 Å². The van der Waals surface area contributed by atoms with Gasteiger partial charge in [0, 0.05) is 31.9 Å². The molecule has 0 atom stereocenters. The molecular formula is C19H25ClN2O4S2. The van der Waals surface area contributed by atoms with Gasteiger partial charge in [0.25, 0.3) is 0 Å². The summed E-state index contributed by atoms with van der Waals surface area (Å²) in [6.07, 6.45) is 2.58. The summed E-state index contributed by atoms with van der Waals surface area (Å²) in [5, 5.41) is 0. The first-order valence-electron chi connectivity index (χ1n) is 8.83. The van der Waals surface area contributed by atoms with Crippen LogP contribution in [0.1, 0.15) is 18.4 Å². The number of sulfonamides is 1. The lowest BCUT2D eigenvalue weighted by Gasteiger charge is -2.32. The number of hydrogen-bond donors (Lipinski definition) is 1. The van der Waals surface area contributed by atoms with E-state index in [2.05, 4.69) is 21.8 Å². The molecule has 9 heteroatoms. The zero-order chi connectivity index (χ0) is 19.5. The largest absolute Gasteiger partial charge is 0.299 e. The molecule has 1 aliphatic heterocycles. The highest BCUT2D eigenvalue weighted by Gasteiger charge is 2.25. The molecule has 2 aromatic rings. The molecule has 0 bridgehead atoms. The van der Waals surface area contributed by atoms with E-state index in [-0.39, 0.29) is 28.2 Å². The number of benzene rings is 2. The number of nitrogens with one attached hydrogen (secondary N) is 1. The summed E-state index contributed by atoms with van der Waals surface area (Å²) < 4.78 is 50.9. The Hall–Kier alpha value is -1.45. The smallest absolute Gasteiger partial charge is 0.240 e. The van der Waals surface area contributed by atoms with E-state index >= 15 is 0 Å². The standard InChI is InChI=1S/C19H24N2O4S2.ClH/c1-26(22,23)18-7-9-19(10-8-18)27(24,25)20-17-11-13-21(14-12-17)15-16-5-3-2-4-6-16;/h2-10,17,20H,11-15H2,1H3;1H. The fourth-order valence-electron chi connectivity index (χ4n) is 3.20. The quantitative estimate of drug-likeness (QED) is 0.739. The molecule has 2 aromatic carbocycles. The Balaban J connectivity index is 0.00000280. The predicted molar refractivity (Wildman–Crippen MR) is 112 cm³/mol. The lowest BCUT2D eigenvalue weighted by molar-refractivity contribution is 0.200. The molecule has 0 saturated carbocycles. The van der Waals surface area contributed by atoms with Crippen LogP contribution in [0.25, 0.3) is 0 Å². The van der Waals surface area contributed by atoms with Gasteiger partial charge < -0.3 is 0 Å². The van der Waals surface area contributed by atoms with E-state index in [1.807, 2.05) is 18.2 Å². The van der Waals surface area contributed by atoms with E-state index in [0.29, 0.717) is 0 Å². The van der Waals surface area contributed by atoms with Crippen LogP contribution in [-0.4, -0.2) is 47.1 Å². The van der Waals surface area contributed by atoms with Gasteiger partial charge in [-0.25, -0.2) is 21.6 Å². The van der Waals surface area contributed by atoms with Gasteiger partial charge in [0.05, 0.1) is 9.79 Å². The minimum Gasteiger partial charge on any atom is -0.299 e. The normalized spacial score (nSPS) is 16.5. The molecule has 0 radical (unpaired) electrons. The molecule has 0 amide bonds. The van der Waals surface area contributed by atoms with Crippen LogP contribution < -0.4 is 4.72 Å². The highest BCUT2D eigenvalue weighted by molar-refractivity contribution is 7.90. The summed E-state index contributed by atoms with van der Waals surface area (Å²) >= 11 is 0. The molecule has 0 aliphatic carbocycles. The molecule has 1 aliphatic rings. The van der Waals surface area contributed by atoms with E-state index in [4.69, 9.17) is 0 Å². The molecule has 154 valence electrons. The SMILES string of the molecule is CS(=O)(=O)c1ccc(S(=O)(=O)NC2CCN(Cc3ccccc3)CC2)cc1.Cl. The van der Waals surface area contributed by atoms with Crippen LogP contribution >= 0.6 is 12.4 Å². The third-order valence-corrected chi connectivity index (χ3v) is 7.39.